The first-order valence-corrected chi connectivity index (χ1v) is 28.7. The van der Waals surface area contributed by atoms with Gasteiger partial charge in [0.1, 0.15) is 0 Å². The third-order valence-corrected chi connectivity index (χ3v) is 13.6. The molecule has 0 bridgehead atoms. The summed E-state index contributed by atoms with van der Waals surface area (Å²) in [5.74, 6) is -16.8. The number of hydrogen-bond donors (Lipinski definition) is 12. The van der Waals surface area contributed by atoms with Gasteiger partial charge in [0.05, 0.1) is 58.7 Å². The molecule has 12 N–H and O–H groups in total. The smallest absolute Gasteiger partial charge is 0.414 e. The fourth-order valence-corrected chi connectivity index (χ4v) is 9.05. The highest BCUT2D eigenvalue weighted by atomic mass is 16.5. The minimum Gasteiger partial charge on any atom is -0.473 e. The van der Waals surface area contributed by atoms with Gasteiger partial charge in [0.25, 0.3) is 0 Å². The second-order valence-corrected chi connectivity index (χ2v) is 21.2. The molecule has 5 aliphatic rings. The fourth-order valence-electron chi connectivity index (χ4n) is 9.05. The molecule has 39 heteroatoms. The molecule has 0 saturated carbocycles. The number of carboxylic acid groups (broad SMARTS) is 12. The fraction of sp³-hybridized carbons (Fsp3) is 0.526. The van der Waals surface area contributed by atoms with Gasteiger partial charge in [-0.1, -0.05) is 25.8 Å². The maximum atomic E-state index is 9.10. The Balaban J connectivity index is 0.00000105. The van der Waals surface area contributed by atoms with Gasteiger partial charge in [0.2, 0.25) is 0 Å². The zero-order valence-corrected chi connectivity index (χ0v) is 54.2. The van der Waals surface area contributed by atoms with Crippen LogP contribution in [0.2, 0.25) is 0 Å². The number of aryl methyl sites for hydroxylation is 5. The molecule has 5 fully saturated rings. The Hall–Kier alpha value is -10.5. The summed E-state index contributed by atoms with van der Waals surface area (Å²) >= 11 is 0. The standard InChI is InChI=1S/5C9H14N2O.6C2H2O4/c5*1-7-6-9(12-10-7)8-4-3-5-11(8)2;6*3-1(4)2(5)6/h5*6,8H,3-5H2,1-2H3;6*(H,3,4)(H,5,6)/t5*8-;;;;;;/m00000....../s1. The highest BCUT2D eigenvalue weighted by Crippen LogP contribution is 2.34. The molecule has 0 aliphatic carbocycles. The van der Waals surface area contributed by atoms with Crippen molar-refractivity contribution in [2.45, 2.75) is 129 Å². The summed E-state index contributed by atoms with van der Waals surface area (Å²) < 4.78 is 26.1. The van der Waals surface area contributed by atoms with Gasteiger partial charge in [0, 0.05) is 30.3 Å². The van der Waals surface area contributed by atoms with Gasteiger partial charge in [-0.05, 0) is 167 Å². The first-order valence-electron chi connectivity index (χ1n) is 28.7. The number of aromatic nitrogens is 5. The first kappa shape index (κ1) is 85.5. The monoisotopic (exact) mass is 1370 g/mol. The summed E-state index contributed by atoms with van der Waals surface area (Å²) in [5, 5.41) is 108. The van der Waals surface area contributed by atoms with Crippen molar-refractivity contribution >= 4 is 71.6 Å². The molecular weight excluding hydrogens is 1290 g/mol. The molecule has 5 aromatic heterocycles. The van der Waals surface area contributed by atoms with Crippen molar-refractivity contribution in [2.24, 2.45) is 0 Å². The average molecular weight is 1370 g/mol. The minimum atomic E-state index is -1.82. The van der Waals surface area contributed by atoms with Crippen LogP contribution < -0.4 is 0 Å². The van der Waals surface area contributed by atoms with Crippen molar-refractivity contribution in [3.63, 3.8) is 0 Å². The van der Waals surface area contributed by atoms with E-state index < -0.39 is 71.6 Å². The number of carboxylic acids is 12. The molecule has 10 rings (SSSR count). The van der Waals surface area contributed by atoms with Crippen LogP contribution in [0.15, 0.2) is 52.9 Å². The number of hydrogen-bond acceptors (Lipinski definition) is 27. The summed E-state index contributed by atoms with van der Waals surface area (Å²) in [4.78, 5) is 121. The van der Waals surface area contributed by atoms with E-state index >= 15 is 0 Å². The van der Waals surface area contributed by atoms with E-state index in [9.17, 15) is 0 Å². The van der Waals surface area contributed by atoms with Crippen molar-refractivity contribution in [1.29, 1.82) is 0 Å². The van der Waals surface area contributed by atoms with Gasteiger partial charge in [-0.3, -0.25) is 24.5 Å². The molecule has 0 amide bonds. The van der Waals surface area contributed by atoms with Crippen molar-refractivity contribution in [3.8, 4) is 0 Å². The van der Waals surface area contributed by atoms with Gasteiger partial charge in [-0.25, -0.2) is 57.5 Å². The molecule has 96 heavy (non-hydrogen) atoms. The number of likely N-dealkylation sites (tertiary alicyclic amines) is 5. The largest absolute Gasteiger partial charge is 0.473 e. The zero-order chi connectivity index (χ0) is 73.7. The zero-order valence-electron chi connectivity index (χ0n) is 54.2. The maximum Gasteiger partial charge on any atom is 0.414 e. The number of aliphatic carboxylic acids is 12. The van der Waals surface area contributed by atoms with Crippen molar-refractivity contribution in [1.82, 2.24) is 50.3 Å². The molecule has 0 radical (unpaired) electrons. The predicted molar refractivity (Wildman–Crippen MR) is 321 cm³/mol. The van der Waals surface area contributed by atoms with E-state index in [1.54, 1.807) is 0 Å². The minimum absolute atomic E-state index is 0.464. The quantitative estimate of drug-likeness (QED) is 0.112. The van der Waals surface area contributed by atoms with Gasteiger partial charge in [0.15, 0.2) is 28.8 Å². The second kappa shape index (κ2) is 44.2. The van der Waals surface area contributed by atoms with Crippen LogP contribution in [0.25, 0.3) is 0 Å². The predicted octanol–water partition coefficient (Wildman–Crippen LogP) is 3.68. The Kier molecular flexibility index (Phi) is 39.3. The third kappa shape index (κ3) is 34.4. The van der Waals surface area contributed by atoms with Gasteiger partial charge >= 0.3 is 71.6 Å². The highest BCUT2D eigenvalue weighted by molar-refractivity contribution is 6.29. The topological polar surface area (TPSA) is 594 Å². The lowest BCUT2D eigenvalue weighted by Gasteiger charge is -2.15. The molecule has 10 heterocycles. The Labute approximate surface area is 546 Å². The van der Waals surface area contributed by atoms with Crippen LogP contribution >= 0.6 is 0 Å². The Morgan fingerprint density at radius 1 is 0.271 bits per heavy atom. The van der Waals surface area contributed by atoms with E-state index in [-0.39, 0.29) is 0 Å². The lowest BCUT2D eigenvalue weighted by atomic mass is 10.1. The molecule has 5 aliphatic heterocycles. The molecule has 5 aromatic rings. The molecule has 5 atom stereocenters. The Morgan fingerprint density at radius 3 is 0.448 bits per heavy atom. The lowest BCUT2D eigenvalue weighted by molar-refractivity contribution is -0.159. The van der Waals surface area contributed by atoms with E-state index in [2.05, 4.69) is 85.5 Å². The molecule has 0 unspecified atom stereocenters. The molecule has 0 aromatic carbocycles. The SMILES string of the molecule is Cc1cc([C@@H]2CCCN2C)on1.Cc1cc([C@@H]2CCCN2C)on1.Cc1cc([C@@H]2CCCN2C)on1.Cc1cc([C@@H]2CCCN2C)on1.Cc1cc([C@@H]2CCCN2C)on1.O=C(O)C(=O)O.O=C(O)C(=O)O.O=C(O)C(=O)O.O=C(O)C(=O)O.O=C(O)C(=O)O.O=C(O)C(=O)O. The summed E-state index contributed by atoms with van der Waals surface area (Å²) in [7, 11) is 10.7. The highest BCUT2D eigenvalue weighted by Gasteiger charge is 2.29. The van der Waals surface area contributed by atoms with Crippen molar-refractivity contribution in [2.75, 3.05) is 68.0 Å². The van der Waals surface area contributed by atoms with Crippen LogP contribution in [0.4, 0.5) is 0 Å². The van der Waals surface area contributed by atoms with E-state index in [0.29, 0.717) is 30.2 Å². The number of rotatable bonds is 5. The molecule has 0 spiro atoms. The summed E-state index contributed by atoms with van der Waals surface area (Å²) in [6.45, 7) is 15.7. The average Bonchev–Trinajstić information content (AvgIpc) is 1.79. The van der Waals surface area contributed by atoms with Crippen LogP contribution in [-0.4, -0.2) is 251 Å². The summed E-state index contributed by atoms with van der Waals surface area (Å²) in [6.07, 6.45) is 12.3. The van der Waals surface area contributed by atoms with Gasteiger partial charge in [-0.2, -0.15) is 0 Å². The second-order valence-electron chi connectivity index (χ2n) is 21.2. The molecule has 39 nitrogen and oxygen atoms in total. The Morgan fingerprint density at radius 2 is 0.385 bits per heavy atom. The van der Waals surface area contributed by atoms with E-state index in [4.69, 9.17) is 141 Å². The number of nitrogens with zero attached hydrogens (tertiary/aromatic N) is 10. The van der Waals surface area contributed by atoms with E-state index in [0.717, 1.165) is 57.3 Å². The van der Waals surface area contributed by atoms with Crippen molar-refractivity contribution in [3.05, 3.63) is 87.6 Å². The lowest BCUT2D eigenvalue weighted by Crippen LogP contribution is -2.16. The molecule has 534 valence electrons. The third-order valence-electron chi connectivity index (χ3n) is 13.6. The van der Waals surface area contributed by atoms with Crippen LogP contribution in [0.3, 0.4) is 0 Å². The molecule has 5 saturated heterocycles. The van der Waals surface area contributed by atoms with Crippen LogP contribution in [0.1, 0.15) is 152 Å². The van der Waals surface area contributed by atoms with Crippen LogP contribution in [-0.2, 0) is 57.5 Å². The van der Waals surface area contributed by atoms with Crippen LogP contribution in [0, 0.1) is 34.6 Å². The van der Waals surface area contributed by atoms with E-state index in [1.807, 2.05) is 65.0 Å². The summed E-state index contributed by atoms with van der Waals surface area (Å²) in [5.41, 5.74) is 4.89. The van der Waals surface area contributed by atoms with Crippen molar-refractivity contribution < 1.29 is 141 Å². The van der Waals surface area contributed by atoms with Gasteiger partial charge < -0.3 is 83.9 Å². The molecular formula is C57H82N10O29. The van der Waals surface area contributed by atoms with Crippen LogP contribution in [0.5, 0.6) is 0 Å². The normalized spacial score (nSPS) is 18.4. The maximum absolute atomic E-state index is 9.10. The summed E-state index contributed by atoms with van der Waals surface area (Å²) in [6, 6.07) is 12.5. The number of carbonyl (C=O) groups is 12. The Bertz CT molecular complexity index is 2710. The first-order chi connectivity index (χ1) is 44.7. The van der Waals surface area contributed by atoms with E-state index in [1.165, 1.54) is 96.9 Å². The van der Waals surface area contributed by atoms with Gasteiger partial charge in [-0.15, -0.1) is 0 Å².